The molecule has 0 fully saturated rings. The van der Waals surface area contributed by atoms with Gasteiger partial charge in [-0.2, -0.15) is 0 Å². The third kappa shape index (κ3) is 2.79. The predicted octanol–water partition coefficient (Wildman–Crippen LogP) is 2.98. The van der Waals surface area contributed by atoms with Gasteiger partial charge in [-0.15, -0.1) is 0 Å². The summed E-state index contributed by atoms with van der Waals surface area (Å²) in [5.74, 6) is -1.63. The Morgan fingerprint density at radius 2 is 1.85 bits per heavy atom. The van der Waals surface area contributed by atoms with Crippen molar-refractivity contribution in [1.82, 2.24) is 0 Å². The number of hydrogen-bond acceptors (Lipinski definition) is 3. The molecule has 0 saturated heterocycles. The van der Waals surface area contributed by atoms with E-state index in [2.05, 4.69) is 10.1 Å². The first kappa shape index (κ1) is 14.1. The molecule has 0 spiro atoms. The minimum Gasteiger partial charge on any atom is -0.468 e. The molecular formula is C16H17NO3. The zero-order valence-corrected chi connectivity index (χ0v) is 11.6. The molecule has 0 saturated carbocycles. The maximum absolute atomic E-state index is 12.2. The average molecular weight is 271 g/mol. The number of benzene rings is 2. The van der Waals surface area contributed by atoms with E-state index in [9.17, 15) is 9.59 Å². The molecule has 0 heterocycles. The maximum atomic E-state index is 12.2. The summed E-state index contributed by atoms with van der Waals surface area (Å²) in [7, 11) is 1.29. The third-order valence-corrected chi connectivity index (χ3v) is 3.26. The lowest BCUT2D eigenvalue weighted by Gasteiger charge is -2.14. The van der Waals surface area contributed by atoms with Crippen LogP contribution in [0.5, 0.6) is 0 Å². The topological polar surface area (TPSA) is 55.4 Å². The molecule has 4 heteroatoms. The molecular weight excluding hydrogens is 254 g/mol. The first-order valence-corrected chi connectivity index (χ1v) is 6.53. The number of ether oxygens (including phenoxy) is 1. The summed E-state index contributed by atoms with van der Waals surface area (Å²) in [5, 5.41) is 4.80. The average Bonchev–Trinajstić information content (AvgIpc) is 2.48. The predicted molar refractivity (Wildman–Crippen MR) is 78.4 cm³/mol. The monoisotopic (exact) mass is 271 g/mol. The fourth-order valence-corrected chi connectivity index (χ4v) is 2.16. The van der Waals surface area contributed by atoms with Crippen LogP contribution in [0, 0.1) is 5.92 Å². The molecule has 2 aromatic rings. The Labute approximate surface area is 117 Å². The van der Waals surface area contributed by atoms with Crippen LogP contribution in [0.1, 0.15) is 13.3 Å². The van der Waals surface area contributed by atoms with Gasteiger partial charge in [-0.05, 0) is 17.9 Å². The number of carbonyl (C=O) groups is 2. The largest absolute Gasteiger partial charge is 0.468 e. The van der Waals surface area contributed by atoms with E-state index >= 15 is 0 Å². The number of carbonyl (C=O) groups excluding carboxylic acids is 2. The number of fused-ring (bicyclic) bond motifs is 1. The molecule has 1 amide bonds. The molecule has 2 aromatic carbocycles. The van der Waals surface area contributed by atoms with Crippen LogP contribution in [0.2, 0.25) is 0 Å². The summed E-state index contributed by atoms with van der Waals surface area (Å²) in [6.45, 7) is 1.78. The highest BCUT2D eigenvalue weighted by atomic mass is 16.5. The lowest BCUT2D eigenvalue weighted by molar-refractivity contribution is -0.148. The Hall–Kier alpha value is -2.36. The number of hydrogen-bond donors (Lipinski definition) is 1. The van der Waals surface area contributed by atoms with Gasteiger partial charge >= 0.3 is 5.97 Å². The Morgan fingerprint density at radius 3 is 2.55 bits per heavy atom. The van der Waals surface area contributed by atoms with Gasteiger partial charge in [-0.3, -0.25) is 9.59 Å². The van der Waals surface area contributed by atoms with Gasteiger partial charge in [-0.25, -0.2) is 0 Å². The van der Waals surface area contributed by atoms with E-state index in [4.69, 9.17) is 0 Å². The van der Waals surface area contributed by atoms with Crippen LogP contribution < -0.4 is 5.32 Å². The van der Waals surface area contributed by atoms with Crippen LogP contribution in [-0.2, 0) is 14.3 Å². The Bertz CT molecular complexity index is 631. The number of anilines is 1. The maximum Gasteiger partial charge on any atom is 0.318 e. The first-order valence-electron chi connectivity index (χ1n) is 6.53. The molecule has 2 rings (SSSR count). The van der Waals surface area contributed by atoms with Crippen molar-refractivity contribution in [3.8, 4) is 0 Å². The van der Waals surface area contributed by atoms with Gasteiger partial charge in [0.2, 0.25) is 5.91 Å². The van der Waals surface area contributed by atoms with Gasteiger partial charge in [0, 0.05) is 11.1 Å². The van der Waals surface area contributed by atoms with Crippen LogP contribution >= 0.6 is 0 Å². The molecule has 0 aliphatic carbocycles. The van der Waals surface area contributed by atoms with Crippen molar-refractivity contribution >= 4 is 28.3 Å². The fraction of sp³-hybridized carbons (Fsp3) is 0.250. The van der Waals surface area contributed by atoms with Crippen molar-refractivity contribution in [1.29, 1.82) is 0 Å². The first-order chi connectivity index (χ1) is 9.67. The SMILES string of the molecule is CCC(C(=O)Nc1cccc2ccccc12)C(=O)OC. The highest BCUT2D eigenvalue weighted by Gasteiger charge is 2.25. The normalized spacial score (nSPS) is 11.9. The van der Waals surface area contributed by atoms with Crippen LogP contribution in [0.4, 0.5) is 5.69 Å². The van der Waals surface area contributed by atoms with Gasteiger partial charge < -0.3 is 10.1 Å². The summed E-state index contributed by atoms with van der Waals surface area (Å²) in [6.07, 6.45) is 0.406. The van der Waals surface area contributed by atoms with E-state index in [1.807, 2.05) is 42.5 Å². The van der Waals surface area contributed by atoms with Gasteiger partial charge in [0.15, 0.2) is 0 Å². The summed E-state index contributed by atoms with van der Waals surface area (Å²) < 4.78 is 4.65. The molecule has 0 aliphatic rings. The van der Waals surface area contributed by atoms with Crippen molar-refractivity contribution in [2.45, 2.75) is 13.3 Å². The van der Waals surface area contributed by atoms with Gasteiger partial charge in [0.05, 0.1) is 7.11 Å². The minimum atomic E-state index is -0.779. The lowest BCUT2D eigenvalue weighted by Crippen LogP contribution is -2.30. The van der Waals surface area contributed by atoms with E-state index in [0.717, 1.165) is 10.8 Å². The van der Waals surface area contributed by atoms with Crippen molar-refractivity contribution < 1.29 is 14.3 Å². The third-order valence-electron chi connectivity index (χ3n) is 3.26. The van der Waals surface area contributed by atoms with E-state index < -0.39 is 11.9 Å². The molecule has 1 N–H and O–H groups in total. The van der Waals surface area contributed by atoms with E-state index in [1.54, 1.807) is 6.92 Å². The molecule has 1 atom stereocenters. The summed E-state index contributed by atoms with van der Waals surface area (Å²) in [5.41, 5.74) is 0.704. The van der Waals surface area contributed by atoms with Crippen LogP contribution in [0.25, 0.3) is 10.8 Å². The molecule has 20 heavy (non-hydrogen) atoms. The number of amides is 1. The van der Waals surface area contributed by atoms with Crippen molar-refractivity contribution in [3.63, 3.8) is 0 Å². The molecule has 1 unspecified atom stereocenters. The van der Waals surface area contributed by atoms with Crippen LogP contribution in [0.15, 0.2) is 42.5 Å². The quantitative estimate of drug-likeness (QED) is 0.687. The van der Waals surface area contributed by atoms with Gasteiger partial charge in [0.25, 0.3) is 0 Å². The second-order valence-corrected chi connectivity index (χ2v) is 4.50. The van der Waals surface area contributed by atoms with E-state index in [0.29, 0.717) is 12.1 Å². The summed E-state index contributed by atoms with van der Waals surface area (Å²) in [6, 6.07) is 13.4. The zero-order valence-electron chi connectivity index (χ0n) is 11.6. The van der Waals surface area contributed by atoms with Gasteiger partial charge in [0.1, 0.15) is 5.92 Å². The summed E-state index contributed by atoms with van der Waals surface area (Å²) in [4.78, 5) is 23.7. The lowest BCUT2D eigenvalue weighted by atomic mass is 10.0. The van der Waals surface area contributed by atoms with E-state index in [-0.39, 0.29) is 5.91 Å². The highest BCUT2D eigenvalue weighted by molar-refractivity contribution is 6.08. The standard InChI is InChI=1S/C16H17NO3/c1-3-12(16(19)20-2)15(18)17-14-10-6-8-11-7-4-5-9-13(11)14/h4-10,12H,3H2,1-2H3,(H,17,18). The van der Waals surface area contributed by atoms with Crippen LogP contribution in [-0.4, -0.2) is 19.0 Å². The smallest absolute Gasteiger partial charge is 0.318 e. The van der Waals surface area contributed by atoms with Gasteiger partial charge in [-0.1, -0.05) is 43.3 Å². The number of esters is 1. The second-order valence-electron chi connectivity index (χ2n) is 4.50. The number of methoxy groups -OCH3 is 1. The van der Waals surface area contributed by atoms with E-state index in [1.165, 1.54) is 7.11 Å². The minimum absolute atomic E-state index is 0.337. The second kappa shape index (κ2) is 6.19. The molecule has 104 valence electrons. The molecule has 0 aliphatic heterocycles. The summed E-state index contributed by atoms with van der Waals surface area (Å²) >= 11 is 0. The molecule has 0 aromatic heterocycles. The van der Waals surface area contributed by atoms with Crippen molar-refractivity contribution in [3.05, 3.63) is 42.5 Å². The Morgan fingerprint density at radius 1 is 1.15 bits per heavy atom. The Kier molecular flexibility index (Phi) is 4.35. The molecule has 4 nitrogen and oxygen atoms in total. The highest BCUT2D eigenvalue weighted by Crippen LogP contribution is 2.23. The fourth-order valence-electron chi connectivity index (χ4n) is 2.16. The number of nitrogens with one attached hydrogen (secondary N) is 1. The van der Waals surface area contributed by atoms with Crippen molar-refractivity contribution in [2.75, 3.05) is 12.4 Å². The Balaban J connectivity index is 2.28. The zero-order chi connectivity index (χ0) is 14.5. The molecule has 0 radical (unpaired) electrons. The number of rotatable bonds is 4. The molecule has 0 bridgehead atoms. The van der Waals surface area contributed by atoms with Crippen LogP contribution in [0.3, 0.4) is 0 Å². The van der Waals surface area contributed by atoms with Crippen molar-refractivity contribution in [2.24, 2.45) is 5.92 Å².